The van der Waals surface area contributed by atoms with Gasteiger partial charge >= 0.3 is 0 Å². The van der Waals surface area contributed by atoms with Crippen molar-refractivity contribution in [2.24, 2.45) is 9.81 Å². The van der Waals surface area contributed by atoms with Crippen molar-refractivity contribution in [2.75, 3.05) is 29.9 Å². The molecule has 1 unspecified atom stereocenters. The highest BCUT2D eigenvalue weighted by Crippen LogP contribution is 2.33. The largest absolute Gasteiger partial charge is 0.365 e. The van der Waals surface area contributed by atoms with Gasteiger partial charge in [-0.25, -0.2) is 0 Å². The Morgan fingerprint density at radius 3 is 2.64 bits per heavy atom. The molecule has 1 atom stereocenters. The number of benzene rings is 2. The van der Waals surface area contributed by atoms with Crippen LogP contribution in [0, 0.1) is 12.3 Å². The van der Waals surface area contributed by atoms with Gasteiger partial charge in [-0.1, -0.05) is 38.1 Å². The molecule has 2 aromatic rings. The number of carbonyl (C=O) groups excluding carboxylic acids is 1. The summed E-state index contributed by atoms with van der Waals surface area (Å²) in [6, 6.07) is 15.4. The van der Waals surface area contributed by atoms with E-state index in [1.54, 1.807) is 24.3 Å². The molecule has 0 saturated carbocycles. The molecule has 2 heterocycles. The second-order valence-electron chi connectivity index (χ2n) is 9.87. The van der Waals surface area contributed by atoms with Gasteiger partial charge in [-0.2, -0.15) is 8.42 Å². The van der Waals surface area contributed by atoms with Crippen LogP contribution in [0.25, 0.3) is 0 Å². The highest BCUT2D eigenvalue weighted by molar-refractivity contribution is 7.90. The van der Waals surface area contributed by atoms with Crippen molar-refractivity contribution < 1.29 is 13.2 Å². The van der Waals surface area contributed by atoms with E-state index in [4.69, 9.17) is 0 Å². The minimum atomic E-state index is -3.73. The number of nitrogens with one attached hydrogen (secondary N) is 1. The lowest BCUT2D eigenvalue weighted by Crippen LogP contribution is -2.54. The van der Waals surface area contributed by atoms with Crippen LogP contribution in [0.5, 0.6) is 0 Å². The number of hydrogen-bond acceptors (Lipinski definition) is 5. The van der Waals surface area contributed by atoms with Gasteiger partial charge < -0.3 is 15.1 Å². The van der Waals surface area contributed by atoms with E-state index in [0.29, 0.717) is 37.5 Å². The fourth-order valence-electron chi connectivity index (χ4n) is 4.66. The van der Waals surface area contributed by atoms with Gasteiger partial charge in [0, 0.05) is 44.2 Å². The maximum Gasteiger partial charge on any atom is 0.286 e. The number of nitrogens with zero attached hydrogens (tertiary/aromatic N) is 3. The smallest absolute Gasteiger partial charge is 0.286 e. The number of amides is 1. The average Bonchev–Trinajstić information content (AvgIpc) is 2.72. The highest BCUT2D eigenvalue weighted by atomic mass is 32.2. The molecule has 4 rings (SSSR count). The van der Waals surface area contributed by atoms with Crippen molar-refractivity contribution in [3.63, 3.8) is 0 Å². The number of anilines is 2. The first-order valence-electron chi connectivity index (χ1n) is 11.4. The minimum Gasteiger partial charge on any atom is -0.365 e. The molecule has 2 aliphatic rings. The topological polar surface area (TPSA) is 82.1 Å². The molecular formula is C25H32N4O3S. The fourth-order valence-corrected chi connectivity index (χ4v) is 5.80. The zero-order valence-electron chi connectivity index (χ0n) is 19.7. The number of amidine groups is 1. The number of hydrogen-bond donors (Lipinski definition) is 1. The lowest BCUT2D eigenvalue weighted by molar-refractivity contribution is -0.134. The Bertz CT molecular complexity index is 1190. The molecular weight excluding hydrogens is 436 g/mol. The normalized spacial score (nSPS) is 20.0. The van der Waals surface area contributed by atoms with Crippen molar-refractivity contribution >= 4 is 33.1 Å². The molecule has 0 bridgehead atoms. The van der Waals surface area contributed by atoms with Gasteiger partial charge in [0.25, 0.3) is 10.0 Å². The van der Waals surface area contributed by atoms with Crippen LogP contribution >= 0.6 is 0 Å². The molecule has 0 aliphatic carbocycles. The summed E-state index contributed by atoms with van der Waals surface area (Å²) in [6.07, 6.45) is 0.692. The van der Waals surface area contributed by atoms with E-state index in [1.165, 1.54) is 11.3 Å². The van der Waals surface area contributed by atoms with Gasteiger partial charge in [0.05, 0.1) is 5.69 Å². The Kier molecular flexibility index (Phi) is 6.22. The quantitative estimate of drug-likeness (QED) is 0.716. The standard InChI is InChI=1S/C25H32N4O3S/c1-18-8-7-9-20(14-18)29-13-12-28(17-19(29)2)24(30)16-25(3,4)15-23-26-21-10-5-6-11-22(21)33(31,32)27-23/h5-11,14,19H,12-13,15-17H2,1-4H3,(H,26,27). The van der Waals surface area contributed by atoms with E-state index in [9.17, 15) is 13.2 Å². The third kappa shape index (κ3) is 5.21. The van der Waals surface area contributed by atoms with Crippen molar-refractivity contribution in [1.82, 2.24) is 4.90 Å². The average molecular weight is 469 g/mol. The molecule has 1 saturated heterocycles. The zero-order valence-corrected chi connectivity index (χ0v) is 20.5. The number of para-hydroxylation sites is 1. The number of rotatable bonds is 5. The number of sulfonamides is 1. The van der Waals surface area contributed by atoms with Gasteiger partial charge in [0.15, 0.2) is 0 Å². The molecule has 8 heteroatoms. The van der Waals surface area contributed by atoms with E-state index in [0.717, 1.165) is 6.54 Å². The summed E-state index contributed by atoms with van der Waals surface area (Å²) in [5.74, 6) is 0.472. The summed E-state index contributed by atoms with van der Waals surface area (Å²) in [5, 5.41) is 3.14. The van der Waals surface area contributed by atoms with Gasteiger partial charge in [-0.05, 0) is 49.1 Å². The van der Waals surface area contributed by atoms with Gasteiger partial charge in [-0.15, -0.1) is 4.40 Å². The Hall–Kier alpha value is -2.87. The number of piperazine rings is 1. The van der Waals surface area contributed by atoms with E-state index in [1.807, 2.05) is 18.7 Å². The number of aryl methyl sites for hydroxylation is 1. The van der Waals surface area contributed by atoms with E-state index < -0.39 is 15.4 Å². The maximum absolute atomic E-state index is 13.2. The SMILES string of the molecule is Cc1cccc(N2CCN(C(=O)CC(C)(C)CC3=NS(=O)(=O)c4ccccc4N3)CC2C)c1. The Labute approximate surface area is 196 Å². The summed E-state index contributed by atoms with van der Waals surface area (Å²) in [5.41, 5.74) is 2.51. The minimum absolute atomic E-state index is 0.0930. The summed E-state index contributed by atoms with van der Waals surface area (Å²) in [6.45, 7) is 10.3. The van der Waals surface area contributed by atoms with Crippen LogP contribution < -0.4 is 10.2 Å². The van der Waals surface area contributed by atoms with Crippen molar-refractivity contribution in [2.45, 2.75) is 51.5 Å². The van der Waals surface area contributed by atoms with Crippen LogP contribution in [0.1, 0.15) is 39.2 Å². The molecule has 2 aromatic carbocycles. The third-order valence-corrected chi connectivity index (χ3v) is 7.64. The van der Waals surface area contributed by atoms with Crippen molar-refractivity contribution in [3.05, 3.63) is 54.1 Å². The van der Waals surface area contributed by atoms with E-state index in [-0.39, 0.29) is 16.8 Å². The Balaban J connectivity index is 1.39. The molecule has 2 aliphatic heterocycles. The molecule has 1 amide bonds. The zero-order chi connectivity index (χ0) is 23.8. The Morgan fingerprint density at radius 2 is 1.91 bits per heavy atom. The maximum atomic E-state index is 13.2. The highest BCUT2D eigenvalue weighted by Gasteiger charge is 2.33. The van der Waals surface area contributed by atoms with Crippen LogP contribution in [0.3, 0.4) is 0 Å². The van der Waals surface area contributed by atoms with Crippen molar-refractivity contribution in [1.29, 1.82) is 0 Å². The van der Waals surface area contributed by atoms with E-state index in [2.05, 4.69) is 52.7 Å². The number of fused-ring (bicyclic) bond motifs is 1. The van der Waals surface area contributed by atoms with Gasteiger partial charge in [0.1, 0.15) is 10.7 Å². The van der Waals surface area contributed by atoms with E-state index >= 15 is 0 Å². The molecule has 7 nitrogen and oxygen atoms in total. The van der Waals surface area contributed by atoms with Crippen LogP contribution in [0.2, 0.25) is 0 Å². The van der Waals surface area contributed by atoms with Gasteiger partial charge in [0.2, 0.25) is 5.91 Å². The first-order valence-corrected chi connectivity index (χ1v) is 12.8. The molecule has 0 aromatic heterocycles. The summed E-state index contributed by atoms with van der Waals surface area (Å²) >= 11 is 0. The first kappa shape index (κ1) is 23.3. The second-order valence-corrected chi connectivity index (χ2v) is 11.4. The predicted molar refractivity (Wildman–Crippen MR) is 132 cm³/mol. The monoisotopic (exact) mass is 468 g/mol. The molecule has 1 fully saturated rings. The first-order chi connectivity index (χ1) is 15.5. The third-order valence-electron chi connectivity index (χ3n) is 6.26. The summed E-state index contributed by atoms with van der Waals surface area (Å²) in [4.78, 5) is 17.6. The molecule has 176 valence electrons. The van der Waals surface area contributed by atoms with Crippen LogP contribution in [-0.4, -0.2) is 50.7 Å². The Morgan fingerprint density at radius 1 is 1.15 bits per heavy atom. The number of carbonyl (C=O) groups is 1. The van der Waals surface area contributed by atoms with Crippen LogP contribution in [0.4, 0.5) is 11.4 Å². The van der Waals surface area contributed by atoms with Crippen LogP contribution in [-0.2, 0) is 14.8 Å². The summed E-state index contributed by atoms with van der Waals surface area (Å²) < 4.78 is 29.0. The van der Waals surface area contributed by atoms with Crippen molar-refractivity contribution in [3.8, 4) is 0 Å². The molecule has 1 N–H and O–H groups in total. The second kappa shape index (κ2) is 8.82. The van der Waals surface area contributed by atoms with Crippen LogP contribution in [0.15, 0.2) is 57.8 Å². The predicted octanol–water partition coefficient (Wildman–Crippen LogP) is 4.05. The molecule has 0 radical (unpaired) electrons. The lowest BCUT2D eigenvalue weighted by Gasteiger charge is -2.42. The van der Waals surface area contributed by atoms with Gasteiger partial charge in [-0.3, -0.25) is 4.79 Å². The fraction of sp³-hybridized carbons (Fsp3) is 0.440. The molecule has 0 spiro atoms. The summed E-state index contributed by atoms with van der Waals surface area (Å²) in [7, 11) is -3.73. The lowest BCUT2D eigenvalue weighted by atomic mass is 9.84. The molecule has 33 heavy (non-hydrogen) atoms.